The largest absolute Gasteiger partial charge is 0.394 e. The highest BCUT2D eigenvalue weighted by molar-refractivity contribution is 5.83. The Hall–Kier alpha value is -1.89. The van der Waals surface area contributed by atoms with Crippen molar-refractivity contribution in [2.24, 2.45) is 0 Å². The molecule has 3 rings (SSSR count). The fourth-order valence-electron chi connectivity index (χ4n) is 3.25. The van der Waals surface area contributed by atoms with E-state index in [0.29, 0.717) is 17.0 Å². The van der Waals surface area contributed by atoms with Crippen LogP contribution >= 0.6 is 0 Å². The van der Waals surface area contributed by atoms with Gasteiger partial charge in [-0.3, -0.25) is 4.57 Å². The van der Waals surface area contributed by atoms with Crippen LogP contribution in [0.25, 0.3) is 11.2 Å². The molecule has 1 fully saturated rings. The molecule has 2 aromatic rings. The number of nitrogens with zero attached hydrogens (tertiary/aromatic N) is 5. The van der Waals surface area contributed by atoms with E-state index < -0.39 is 43.4 Å². The van der Waals surface area contributed by atoms with Crippen LogP contribution < -0.4 is 4.90 Å². The van der Waals surface area contributed by atoms with E-state index in [4.69, 9.17) is 4.74 Å². The number of hydrogen-bond acceptors (Lipinski definition) is 10. The first kappa shape index (κ1) is 19.9. The number of imidazole rings is 1. The molecule has 27 heavy (non-hydrogen) atoms. The minimum absolute atomic E-state index is 0.234. The van der Waals surface area contributed by atoms with E-state index in [-0.39, 0.29) is 13.1 Å². The fourth-order valence-corrected chi connectivity index (χ4v) is 3.25. The van der Waals surface area contributed by atoms with Gasteiger partial charge >= 0.3 is 0 Å². The molecule has 3 unspecified atom stereocenters. The number of ether oxygens (including phenoxy) is 1. The molecular formula is C16H25N5O6. The van der Waals surface area contributed by atoms with Crippen LogP contribution in [0.1, 0.15) is 20.1 Å². The van der Waals surface area contributed by atoms with Gasteiger partial charge in [0.2, 0.25) is 0 Å². The van der Waals surface area contributed by atoms with Crippen LogP contribution in [0.5, 0.6) is 0 Å². The van der Waals surface area contributed by atoms with Crippen molar-refractivity contribution in [2.75, 3.05) is 24.6 Å². The molecule has 0 aromatic carbocycles. The Bertz CT molecular complexity index is 759. The lowest BCUT2D eigenvalue weighted by Gasteiger charge is -2.26. The van der Waals surface area contributed by atoms with Gasteiger partial charge in [-0.15, -0.1) is 0 Å². The average Bonchev–Trinajstić information content (AvgIpc) is 3.15. The zero-order valence-electron chi connectivity index (χ0n) is 15.1. The van der Waals surface area contributed by atoms with Crippen molar-refractivity contribution in [3.8, 4) is 0 Å². The summed E-state index contributed by atoms with van der Waals surface area (Å²) in [5.41, 5.74) is 0.757. The van der Waals surface area contributed by atoms with Gasteiger partial charge in [0.25, 0.3) is 0 Å². The van der Waals surface area contributed by atoms with Gasteiger partial charge in [0, 0.05) is 13.1 Å². The number of aromatic nitrogens is 4. The summed E-state index contributed by atoms with van der Waals surface area (Å²) in [7, 11) is 0. The second-order valence-corrected chi connectivity index (χ2v) is 6.85. The Morgan fingerprint density at radius 1 is 1.11 bits per heavy atom. The summed E-state index contributed by atoms with van der Waals surface area (Å²) in [5, 5.41) is 49.0. The number of aliphatic hydroxyl groups excluding tert-OH is 5. The Balaban J connectivity index is 1.99. The van der Waals surface area contributed by atoms with Gasteiger partial charge in [0.15, 0.2) is 23.2 Å². The monoisotopic (exact) mass is 383 g/mol. The lowest BCUT2D eigenvalue weighted by atomic mass is 10.1. The van der Waals surface area contributed by atoms with Crippen LogP contribution in [-0.2, 0) is 4.74 Å². The molecule has 0 aliphatic carbocycles. The average molecular weight is 383 g/mol. The van der Waals surface area contributed by atoms with Crippen LogP contribution in [0.15, 0.2) is 12.7 Å². The van der Waals surface area contributed by atoms with Crippen LogP contribution in [0.3, 0.4) is 0 Å². The minimum atomic E-state index is -1.26. The Morgan fingerprint density at radius 2 is 1.78 bits per heavy atom. The van der Waals surface area contributed by atoms with E-state index in [2.05, 4.69) is 15.0 Å². The Labute approximate surface area is 155 Å². The maximum Gasteiger partial charge on any atom is 0.167 e. The van der Waals surface area contributed by atoms with Crippen molar-refractivity contribution < 1.29 is 30.3 Å². The summed E-state index contributed by atoms with van der Waals surface area (Å²) < 4.78 is 7.00. The van der Waals surface area contributed by atoms with Crippen molar-refractivity contribution in [1.29, 1.82) is 0 Å². The molecule has 11 heteroatoms. The zero-order valence-corrected chi connectivity index (χ0v) is 15.1. The molecule has 5 N–H and O–H groups in total. The summed E-state index contributed by atoms with van der Waals surface area (Å²) in [5.74, 6) is 0.423. The fraction of sp³-hybridized carbons (Fsp3) is 0.688. The molecule has 0 radical (unpaired) electrons. The lowest BCUT2D eigenvalue weighted by molar-refractivity contribution is -0.0511. The van der Waals surface area contributed by atoms with Gasteiger partial charge in [0.1, 0.15) is 24.6 Å². The number of hydrogen-bond donors (Lipinski definition) is 5. The van der Waals surface area contributed by atoms with Crippen molar-refractivity contribution >= 4 is 17.0 Å². The summed E-state index contributed by atoms with van der Waals surface area (Å²) >= 11 is 0. The topological polar surface area (TPSA) is 157 Å². The van der Waals surface area contributed by atoms with Crippen LogP contribution in [0.4, 0.5) is 5.82 Å². The van der Waals surface area contributed by atoms with Gasteiger partial charge in [-0.1, -0.05) is 0 Å². The van der Waals surface area contributed by atoms with Gasteiger partial charge in [0.05, 0.1) is 25.1 Å². The molecular weight excluding hydrogens is 358 g/mol. The maximum absolute atomic E-state index is 10.3. The van der Waals surface area contributed by atoms with Gasteiger partial charge in [-0.05, 0) is 13.8 Å². The molecule has 1 saturated heterocycles. The molecule has 1 aliphatic heterocycles. The first-order chi connectivity index (χ1) is 12.8. The standard InChI is InChI=1S/C16H25N5O6/c1-8(23)3-20(4-9(2)24)14-11-15(18-6-17-14)21(7-19-11)16-13(26)12(25)10(5-22)27-16/h6-10,12-13,16,22-26H,3-5H2,1-2H3/t8?,9?,10-,12+,13?,16-/m1/s1. The third kappa shape index (κ3) is 3.88. The van der Waals surface area contributed by atoms with Crippen molar-refractivity contribution in [3.63, 3.8) is 0 Å². The molecule has 1 aliphatic rings. The van der Waals surface area contributed by atoms with E-state index in [0.717, 1.165) is 0 Å². The van der Waals surface area contributed by atoms with E-state index in [9.17, 15) is 25.5 Å². The molecule has 6 atom stereocenters. The van der Waals surface area contributed by atoms with E-state index >= 15 is 0 Å². The van der Waals surface area contributed by atoms with E-state index in [1.54, 1.807) is 18.7 Å². The number of aliphatic hydroxyl groups is 5. The smallest absolute Gasteiger partial charge is 0.167 e. The summed E-state index contributed by atoms with van der Waals surface area (Å²) in [6.45, 7) is 3.30. The molecule has 11 nitrogen and oxygen atoms in total. The quantitative estimate of drug-likeness (QED) is 0.362. The molecule has 3 heterocycles. The third-order valence-electron chi connectivity index (χ3n) is 4.40. The SMILES string of the molecule is CC(O)CN(CC(C)O)c1ncnc2c1ncn2[C@@H]1O[C@H](CO)[C@H](O)C1O. The Kier molecular flexibility index (Phi) is 5.89. The predicted octanol–water partition coefficient (Wildman–Crippen LogP) is -1.99. The predicted molar refractivity (Wildman–Crippen MR) is 93.9 cm³/mol. The molecule has 0 spiro atoms. The molecule has 0 amide bonds. The zero-order chi connectivity index (χ0) is 19.7. The van der Waals surface area contributed by atoms with Crippen LogP contribution in [0.2, 0.25) is 0 Å². The third-order valence-corrected chi connectivity index (χ3v) is 4.40. The maximum atomic E-state index is 10.3. The highest BCUT2D eigenvalue weighted by Crippen LogP contribution is 2.32. The van der Waals surface area contributed by atoms with Crippen molar-refractivity contribution in [2.45, 2.75) is 50.6 Å². The number of fused-ring (bicyclic) bond motifs is 1. The second kappa shape index (κ2) is 8.00. The lowest BCUT2D eigenvalue weighted by Crippen LogP contribution is -2.37. The van der Waals surface area contributed by atoms with Gasteiger partial charge in [-0.2, -0.15) is 0 Å². The normalized spacial score (nSPS) is 27.8. The summed E-state index contributed by atoms with van der Waals surface area (Å²) in [4.78, 5) is 14.5. The van der Waals surface area contributed by atoms with Crippen LogP contribution in [-0.4, -0.2) is 95.3 Å². The van der Waals surface area contributed by atoms with Crippen molar-refractivity contribution in [3.05, 3.63) is 12.7 Å². The Morgan fingerprint density at radius 3 is 2.33 bits per heavy atom. The first-order valence-electron chi connectivity index (χ1n) is 8.74. The molecule has 0 saturated carbocycles. The highest BCUT2D eigenvalue weighted by atomic mass is 16.6. The van der Waals surface area contributed by atoms with E-state index in [1.165, 1.54) is 17.2 Å². The molecule has 2 aromatic heterocycles. The van der Waals surface area contributed by atoms with E-state index in [1.807, 2.05) is 0 Å². The van der Waals surface area contributed by atoms with Crippen LogP contribution in [0, 0.1) is 0 Å². The summed E-state index contributed by atoms with van der Waals surface area (Å²) in [6.07, 6.45) is -2.96. The van der Waals surface area contributed by atoms with Gasteiger partial charge < -0.3 is 35.2 Å². The minimum Gasteiger partial charge on any atom is -0.394 e. The number of anilines is 1. The molecule has 150 valence electrons. The molecule has 0 bridgehead atoms. The van der Waals surface area contributed by atoms with Gasteiger partial charge in [-0.25, -0.2) is 15.0 Å². The van der Waals surface area contributed by atoms with Crippen molar-refractivity contribution in [1.82, 2.24) is 19.5 Å². The first-order valence-corrected chi connectivity index (χ1v) is 8.74. The number of rotatable bonds is 7. The highest BCUT2D eigenvalue weighted by Gasteiger charge is 2.44. The second-order valence-electron chi connectivity index (χ2n) is 6.85. The summed E-state index contributed by atoms with van der Waals surface area (Å²) in [6, 6.07) is 0.